The van der Waals surface area contributed by atoms with Crippen molar-refractivity contribution in [2.75, 3.05) is 13.1 Å². The molecule has 27 heavy (non-hydrogen) atoms. The van der Waals surface area contributed by atoms with Crippen molar-refractivity contribution >= 4 is 62.1 Å². The molecule has 138 valence electrons. The molecule has 1 aliphatic heterocycles. The van der Waals surface area contributed by atoms with E-state index in [1.807, 2.05) is 54.6 Å². The van der Waals surface area contributed by atoms with Gasteiger partial charge in [-0.3, -0.25) is 14.5 Å². The average Bonchev–Trinajstić information content (AvgIpc) is 2.90. The van der Waals surface area contributed by atoms with Gasteiger partial charge in [0.25, 0.3) is 5.91 Å². The van der Waals surface area contributed by atoms with Gasteiger partial charge in [-0.1, -0.05) is 82.4 Å². The second-order valence-electron chi connectivity index (χ2n) is 5.91. The largest absolute Gasteiger partial charge is 0.354 e. The lowest BCUT2D eigenvalue weighted by molar-refractivity contribution is -0.128. The first-order valence-electron chi connectivity index (χ1n) is 8.34. The SMILES string of the molecule is O=C(CN1C(=O)/C(=C/c2cccc(Br)c2)SC1=S)NCCc1ccccc1. The summed E-state index contributed by atoms with van der Waals surface area (Å²) >= 11 is 9.91. The minimum absolute atomic E-state index is 0.0602. The molecular weight excluding hydrogens is 444 g/mol. The van der Waals surface area contributed by atoms with E-state index in [2.05, 4.69) is 21.2 Å². The summed E-state index contributed by atoms with van der Waals surface area (Å²) < 4.78 is 1.34. The molecule has 0 saturated carbocycles. The molecule has 3 rings (SSSR count). The third kappa shape index (κ3) is 5.51. The first kappa shape index (κ1) is 19.8. The number of thioether (sulfide) groups is 1. The maximum absolute atomic E-state index is 12.6. The molecule has 0 aliphatic carbocycles. The van der Waals surface area contributed by atoms with E-state index in [0.29, 0.717) is 15.8 Å². The van der Waals surface area contributed by atoms with Gasteiger partial charge in [0, 0.05) is 11.0 Å². The van der Waals surface area contributed by atoms with Gasteiger partial charge >= 0.3 is 0 Å². The predicted octanol–water partition coefficient (Wildman–Crippen LogP) is 4.01. The molecule has 0 atom stereocenters. The Morgan fingerprint density at radius 1 is 1.19 bits per heavy atom. The average molecular weight is 461 g/mol. The molecule has 1 aliphatic rings. The molecule has 0 aromatic heterocycles. The van der Waals surface area contributed by atoms with E-state index < -0.39 is 0 Å². The number of rotatable bonds is 6. The number of benzene rings is 2. The van der Waals surface area contributed by atoms with E-state index in [1.165, 1.54) is 16.7 Å². The summed E-state index contributed by atoms with van der Waals surface area (Å²) in [5.74, 6) is -0.450. The Morgan fingerprint density at radius 2 is 1.96 bits per heavy atom. The maximum Gasteiger partial charge on any atom is 0.266 e. The first-order valence-corrected chi connectivity index (χ1v) is 10.4. The fraction of sp³-hybridized carbons (Fsp3) is 0.150. The van der Waals surface area contributed by atoms with Crippen LogP contribution in [-0.4, -0.2) is 34.1 Å². The summed E-state index contributed by atoms with van der Waals surface area (Å²) in [6.07, 6.45) is 2.53. The van der Waals surface area contributed by atoms with Crippen molar-refractivity contribution < 1.29 is 9.59 Å². The molecule has 0 radical (unpaired) electrons. The number of carbonyl (C=O) groups excluding carboxylic acids is 2. The summed E-state index contributed by atoms with van der Waals surface area (Å²) in [4.78, 5) is 26.7. The smallest absolute Gasteiger partial charge is 0.266 e. The molecule has 2 aromatic carbocycles. The van der Waals surface area contributed by atoms with E-state index in [9.17, 15) is 9.59 Å². The molecule has 1 N–H and O–H groups in total. The van der Waals surface area contributed by atoms with Crippen molar-refractivity contribution in [3.8, 4) is 0 Å². The molecule has 2 aromatic rings. The summed E-state index contributed by atoms with van der Waals surface area (Å²) in [6, 6.07) is 17.6. The molecule has 0 unspecified atom stereocenters. The van der Waals surface area contributed by atoms with Crippen molar-refractivity contribution in [1.82, 2.24) is 10.2 Å². The Kier molecular flexibility index (Phi) is 6.82. The van der Waals surface area contributed by atoms with E-state index in [-0.39, 0.29) is 18.4 Å². The van der Waals surface area contributed by atoms with Crippen LogP contribution in [0.3, 0.4) is 0 Å². The summed E-state index contributed by atoms with van der Waals surface area (Å²) in [5, 5.41) is 2.84. The highest BCUT2D eigenvalue weighted by molar-refractivity contribution is 9.10. The third-order valence-corrected chi connectivity index (χ3v) is 5.77. The number of hydrogen-bond donors (Lipinski definition) is 1. The molecule has 2 amide bonds. The zero-order valence-corrected chi connectivity index (χ0v) is 17.6. The van der Waals surface area contributed by atoms with Gasteiger partial charge in [-0.15, -0.1) is 0 Å². The summed E-state index contributed by atoms with van der Waals surface area (Å²) in [7, 11) is 0. The van der Waals surface area contributed by atoms with Gasteiger partial charge in [0.15, 0.2) is 0 Å². The lowest BCUT2D eigenvalue weighted by Crippen LogP contribution is -2.40. The number of nitrogens with zero attached hydrogens (tertiary/aromatic N) is 1. The van der Waals surface area contributed by atoms with Crippen LogP contribution in [-0.2, 0) is 16.0 Å². The number of carbonyl (C=O) groups is 2. The van der Waals surface area contributed by atoms with Crippen LogP contribution in [0.4, 0.5) is 0 Å². The van der Waals surface area contributed by atoms with Crippen LogP contribution in [0.5, 0.6) is 0 Å². The number of thiocarbonyl (C=S) groups is 1. The highest BCUT2D eigenvalue weighted by Crippen LogP contribution is 2.32. The van der Waals surface area contributed by atoms with Gasteiger partial charge < -0.3 is 5.32 Å². The van der Waals surface area contributed by atoms with Crippen molar-refractivity contribution in [2.45, 2.75) is 6.42 Å². The van der Waals surface area contributed by atoms with Crippen molar-refractivity contribution in [3.05, 3.63) is 75.1 Å². The highest BCUT2D eigenvalue weighted by Gasteiger charge is 2.33. The van der Waals surface area contributed by atoms with E-state index in [4.69, 9.17) is 12.2 Å². The van der Waals surface area contributed by atoms with Crippen LogP contribution < -0.4 is 5.32 Å². The van der Waals surface area contributed by atoms with E-state index in [0.717, 1.165) is 22.0 Å². The van der Waals surface area contributed by atoms with E-state index >= 15 is 0 Å². The van der Waals surface area contributed by atoms with Crippen molar-refractivity contribution in [3.63, 3.8) is 0 Å². The third-order valence-electron chi connectivity index (χ3n) is 3.90. The molecule has 1 saturated heterocycles. The molecule has 0 spiro atoms. The molecule has 1 heterocycles. The standard InChI is InChI=1S/C20H17BrN2O2S2/c21-16-8-4-7-15(11-16)12-17-19(25)23(20(26)27-17)13-18(24)22-10-9-14-5-2-1-3-6-14/h1-8,11-12H,9-10,13H2,(H,22,24)/b17-12-. The molecule has 1 fully saturated rings. The van der Waals surface area contributed by atoms with Crippen molar-refractivity contribution in [2.24, 2.45) is 0 Å². The van der Waals surface area contributed by atoms with Crippen LogP contribution in [0, 0.1) is 0 Å². The van der Waals surface area contributed by atoms with Gasteiger partial charge in [-0.25, -0.2) is 0 Å². The predicted molar refractivity (Wildman–Crippen MR) is 117 cm³/mol. The zero-order chi connectivity index (χ0) is 19.2. The van der Waals surface area contributed by atoms with Gasteiger partial charge in [0.1, 0.15) is 10.9 Å². The second kappa shape index (κ2) is 9.30. The monoisotopic (exact) mass is 460 g/mol. The van der Waals surface area contributed by atoms with Gasteiger partial charge in [0.05, 0.1) is 4.91 Å². The molecule has 0 bridgehead atoms. The van der Waals surface area contributed by atoms with Gasteiger partial charge in [0.2, 0.25) is 5.91 Å². The van der Waals surface area contributed by atoms with Crippen LogP contribution in [0.1, 0.15) is 11.1 Å². The summed E-state index contributed by atoms with van der Waals surface area (Å²) in [6.45, 7) is 0.459. The zero-order valence-electron chi connectivity index (χ0n) is 14.4. The Morgan fingerprint density at radius 3 is 2.70 bits per heavy atom. The normalized spacial score (nSPS) is 15.4. The minimum Gasteiger partial charge on any atom is -0.354 e. The topological polar surface area (TPSA) is 49.4 Å². The molecule has 7 heteroatoms. The van der Waals surface area contributed by atoms with E-state index in [1.54, 1.807) is 6.08 Å². The fourth-order valence-electron chi connectivity index (χ4n) is 2.57. The van der Waals surface area contributed by atoms with Gasteiger partial charge in [-0.05, 0) is 35.8 Å². The summed E-state index contributed by atoms with van der Waals surface area (Å²) in [5.41, 5.74) is 2.05. The minimum atomic E-state index is -0.233. The number of amides is 2. The Bertz CT molecular complexity index is 900. The molecular formula is C20H17BrN2O2S2. The second-order valence-corrected chi connectivity index (χ2v) is 8.50. The Balaban J connectivity index is 1.56. The lowest BCUT2D eigenvalue weighted by Gasteiger charge is -2.14. The Hall–Kier alpha value is -1.96. The highest BCUT2D eigenvalue weighted by atomic mass is 79.9. The number of hydrogen-bond acceptors (Lipinski definition) is 4. The van der Waals surface area contributed by atoms with Crippen LogP contribution in [0.15, 0.2) is 64.0 Å². The maximum atomic E-state index is 12.6. The van der Waals surface area contributed by atoms with Crippen LogP contribution >= 0.6 is 39.9 Å². The van der Waals surface area contributed by atoms with Gasteiger partial charge in [-0.2, -0.15) is 0 Å². The molecule has 4 nitrogen and oxygen atoms in total. The first-order chi connectivity index (χ1) is 13.0. The van der Waals surface area contributed by atoms with Crippen LogP contribution in [0.2, 0.25) is 0 Å². The quantitative estimate of drug-likeness (QED) is 0.522. The lowest BCUT2D eigenvalue weighted by atomic mass is 10.1. The fourth-order valence-corrected chi connectivity index (χ4v) is 4.25. The van der Waals surface area contributed by atoms with Crippen molar-refractivity contribution in [1.29, 1.82) is 0 Å². The number of halogens is 1. The Labute approximate surface area is 176 Å². The van der Waals surface area contributed by atoms with Crippen LogP contribution in [0.25, 0.3) is 6.08 Å². The number of nitrogens with one attached hydrogen (secondary N) is 1.